The van der Waals surface area contributed by atoms with Gasteiger partial charge in [0.05, 0.1) is 6.04 Å². The van der Waals surface area contributed by atoms with E-state index >= 15 is 0 Å². The van der Waals surface area contributed by atoms with E-state index in [4.69, 9.17) is 12.6 Å². The molecule has 0 aromatic heterocycles. The number of Topliss-reactive ketones (excluding diaryl/α,β-unsaturated/α-hetero) is 1. The summed E-state index contributed by atoms with van der Waals surface area (Å²) in [7, 11) is 5.45. The van der Waals surface area contributed by atoms with Crippen LogP contribution >= 0.6 is 0 Å². The molecule has 0 bridgehead atoms. The van der Waals surface area contributed by atoms with Gasteiger partial charge in [-0.3, -0.25) is 28.8 Å². The Hall–Kier alpha value is -5.00. The van der Waals surface area contributed by atoms with Crippen LogP contribution in [-0.2, 0) is 41.7 Å². The average molecular weight is 667 g/mol. The van der Waals surface area contributed by atoms with Gasteiger partial charge in [-0.15, -0.1) is 0 Å². The molecule has 4 rings (SSSR count). The van der Waals surface area contributed by atoms with Gasteiger partial charge in [-0.05, 0) is 47.1 Å². The number of fused-ring (bicyclic) bond motifs is 1. The highest BCUT2D eigenvalue weighted by Crippen LogP contribution is 2.27. The van der Waals surface area contributed by atoms with Crippen LogP contribution in [0.1, 0.15) is 63.0 Å². The third-order valence-electron chi connectivity index (χ3n) is 8.71. The fraction of sp³-hybridized carbons (Fsp3) is 0.405. The Labute approximate surface area is 287 Å². The lowest BCUT2D eigenvalue weighted by molar-refractivity contribution is -0.146. The lowest BCUT2D eigenvalue weighted by atomic mass is 9.83. The molecule has 11 nitrogen and oxygen atoms in total. The second-order valence-electron chi connectivity index (χ2n) is 12.3. The molecule has 0 spiro atoms. The van der Waals surface area contributed by atoms with E-state index in [1.54, 1.807) is 31.2 Å². The monoisotopic (exact) mass is 666 g/mol. The first-order chi connectivity index (χ1) is 23.7. The molecule has 49 heavy (non-hydrogen) atoms. The number of nitrogens with one attached hydrogen (secondary N) is 4. The first-order valence-electron chi connectivity index (χ1n) is 16.8. The van der Waals surface area contributed by atoms with Crippen molar-refractivity contribution in [1.82, 2.24) is 21.3 Å². The van der Waals surface area contributed by atoms with Gasteiger partial charge in [0.2, 0.25) is 25.4 Å². The molecular formula is C37H43BN4O7. The van der Waals surface area contributed by atoms with Gasteiger partial charge in [-0.2, -0.15) is 0 Å². The van der Waals surface area contributed by atoms with Crippen molar-refractivity contribution in [2.45, 2.75) is 83.0 Å². The van der Waals surface area contributed by atoms with Crippen molar-refractivity contribution in [2.24, 2.45) is 5.92 Å². The summed E-state index contributed by atoms with van der Waals surface area (Å²) in [5.41, 5.74) is 1.55. The second kappa shape index (κ2) is 18.5. The summed E-state index contributed by atoms with van der Waals surface area (Å²) in [5, 5.41) is 12.2. The Balaban J connectivity index is 1.49. The highest BCUT2D eigenvalue weighted by atomic mass is 16.5. The van der Waals surface area contributed by atoms with Crippen LogP contribution in [-0.4, -0.2) is 67.8 Å². The number of amides is 4. The molecule has 4 amide bonds. The van der Waals surface area contributed by atoms with Crippen LogP contribution in [0.3, 0.4) is 0 Å². The van der Waals surface area contributed by atoms with E-state index in [9.17, 15) is 28.8 Å². The lowest BCUT2D eigenvalue weighted by Crippen LogP contribution is -2.58. The Bertz CT molecular complexity index is 1620. The maximum absolute atomic E-state index is 13.9. The second-order valence-corrected chi connectivity index (χ2v) is 12.3. The Morgan fingerprint density at radius 1 is 0.796 bits per heavy atom. The quantitative estimate of drug-likeness (QED) is 0.104. The standard InChI is InChI=1S/C37H43BN4O7/c1-2-12-29(33(44)36(47)39-22-31(43)49-23-24-13-5-3-6-14-24)40-34(45)30(21-27-19-11-18-25-15-9-10-20-28(25)27)41-35(46)32(42-37(38)48)26-16-7-4-8-17-26/h3,5-6,9-11,13-15,18-20,26,29-30,32H,2,4,7-8,12,16-17,21-23H2,1H3,(H,39,47)(H,40,45)(H,41,46)(H,42,48)/t29?,30-,32-/m0/s1. The minimum absolute atomic E-state index is 0.0123. The smallest absolute Gasteiger partial charge is 0.325 e. The topological polar surface area (TPSA) is 160 Å². The number of hydrogen-bond acceptors (Lipinski definition) is 7. The molecule has 1 unspecified atom stereocenters. The lowest BCUT2D eigenvalue weighted by Gasteiger charge is -2.31. The van der Waals surface area contributed by atoms with E-state index in [2.05, 4.69) is 21.3 Å². The molecule has 4 N–H and O–H groups in total. The van der Waals surface area contributed by atoms with Crippen molar-refractivity contribution in [3.8, 4) is 0 Å². The van der Waals surface area contributed by atoms with Crippen LogP contribution < -0.4 is 21.3 Å². The number of hydrogen-bond donors (Lipinski definition) is 4. The van der Waals surface area contributed by atoms with Gasteiger partial charge in [0.15, 0.2) is 5.81 Å². The van der Waals surface area contributed by atoms with Gasteiger partial charge < -0.3 is 26.0 Å². The SMILES string of the molecule is [B]C(=O)N[C@H](C(=O)N[C@@H](Cc1cccc2ccccc12)C(=O)NC(CCC)C(=O)C(=O)NCC(=O)OCc1ccccc1)C1CCCCC1. The molecule has 0 saturated heterocycles. The maximum atomic E-state index is 13.9. The first kappa shape index (κ1) is 36.8. The maximum Gasteiger partial charge on any atom is 0.325 e. The van der Waals surface area contributed by atoms with Crippen LogP contribution in [0.15, 0.2) is 72.8 Å². The highest BCUT2D eigenvalue weighted by Gasteiger charge is 2.35. The first-order valence-corrected chi connectivity index (χ1v) is 16.8. The van der Waals surface area contributed by atoms with E-state index in [-0.39, 0.29) is 25.4 Å². The van der Waals surface area contributed by atoms with Gasteiger partial charge in [0, 0.05) is 6.42 Å². The molecule has 256 valence electrons. The molecule has 2 radical (unpaired) electrons. The molecule has 3 aromatic carbocycles. The molecule has 1 aliphatic carbocycles. The zero-order valence-electron chi connectivity index (χ0n) is 27.7. The van der Waals surface area contributed by atoms with Gasteiger partial charge in [0.25, 0.3) is 5.91 Å². The predicted octanol–water partition coefficient (Wildman–Crippen LogP) is 3.41. The Kier molecular flexibility index (Phi) is 13.9. The number of carbonyl (C=O) groups is 6. The molecule has 1 aliphatic rings. The largest absolute Gasteiger partial charge is 0.460 e. The van der Waals surface area contributed by atoms with E-state index in [1.165, 1.54) is 0 Å². The zero-order valence-corrected chi connectivity index (χ0v) is 27.7. The molecule has 3 aromatic rings. The average Bonchev–Trinajstić information content (AvgIpc) is 3.11. The van der Waals surface area contributed by atoms with Crippen LogP contribution in [0.5, 0.6) is 0 Å². The molecule has 12 heteroatoms. The van der Waals surface area contributed by atoms with Crippen molar-refractivity contribution in [2.75, 3.05) is 6.54 Å². The van der Waals surface area contributed by atoms with E-state index < -0.39 is 60.0 Å². The fourth-order valence-electron chi connectivity index (χ4n) is 6.20. The normalized spacial score (nSPS) is 14.9. The van der Waals surface area contributed by atoms with E-state index in [0.717, 1.165) is 54.0 Å². The molecular weight excluding hydrogens is 623 g/mol. The highest BCUT2D eigenvalue weighted by molar-refractivity contribution is 6.57. The predicted molar refractivity (Wildman–Crippen MR) is 185 cm³/mol. The van der Waals surface area contributed by atoms with Crippen LogP contribution in [0.4, 0.5) is 4.79 Å². The summed E-state index contributed by atoms with van der Waals surface area (Å²) < 4.78 is 5.16. The fourth-order valence-corrected chi connectivity index (χ4v) is 6.20. The summed E-state index contributed by atoms with van der Waals surface area (Å²) in [6.07, 6.45) is 4.95. The summed E-state index contributed by atoms with van der Waals surface area (Å²) in [6, 6.07) is 19.0. The van der Waals surface area contributed by atoms with Gasteiger partial charge in [0.1, 0.15) is 25.2 Å². The van der Waals surface area contributed by atoms with Gasteiger partial charge in [-0.25, -0.2) is 0 Å². The molecule has 0 aliphatic heterocycles. The Morgan fingerprint density at radius 3 is 2.18 bits per heavy atom. The molecule has 0 heterocycles. The summed E-state index contributed by atoms with van der Waals surface area (Å²) in [4.78, 5) is 77.9. The van der Waals surface area contributed by atoms with Crippen LogP contribution in [0, 0.1) is 5.92 Å². The molecule has 1 saturated carbocycles. The number of benzene rings is 3. The zero-order chi connectivity index (χ0) is 35.2. The van der Waals surface area contributed by atoms with Crippen molar-refractivity contribution in [1.29, 1.82) is 0 Å². The van der Waals surface area contributed by atoms with Crippen molar-refractivity contribution < 1.29 is 33.5 Å². The number of ketones is 1. The molecule has 1 fully saturated rings. The van der Waals surface area contributed by atoms with Crippen LogP contribution in [0.25, 0.3) is 10.8 Å². The third kappa shape index (κ3) is 11.0. The minimum Gasteiger partial charge on any atom is -0.460 e. The summed E-state index contributed by atoms with van der Waals surface area (Å²) in [6.45, 7) is 1.28. The number of rotatable bonds is 16. The van der Waals surface area contributed by atoms with E-state index in [0.29, 0.717) is 6.42 Å². The number of carbonyl (C=O) groups excluding carboxylic acids is 6. The molecule has 3 atom stereocenters. The summed E-state index contributed by atoms with van der Waals surface area (Å²) >= 11 is 0. The van der Waals surface area contributed by atoms with Gasteiger partial charge >= 0.3 is 5.97 Å². The number of esters is 1. The van der Waals surface area contributed by atoms with Gasteiger partial charge in [-0.1, -0.05) is 105 Å². The van der Waals surface area contributed by atoms with Crippen molar-refractivity contribution in [3.63, 3.8) is 0 Å². The van der Waals surface area contributed by atoms with E-state index in [1.807, 2.05) is 48.5 Å². The minimum atomic E-state index is -1.22. The number of ether oxygens (including phenoxy) is 1. The van der Waals surface area contributed by atoms with Crippen molar-refractivity contribution in [3.05, 3.63) is 83.9 Å². The third-order valence-corrected chi connectivity index (χ3v) is 8.71. The van der Waals surface area contributed by atoms with Crippen molar-refractivity contribution >= 4 is 53.9 Å². The summed E-state index contributed by atoms with van der Waals surface area (Å²) in [5.74, 6) is -4.94. The van der Waals surface area contributed by atoms with Crippen LogP contribution in [0.2, 0.25) is 0 Å². The Morgan fingerprint density at radius 2 is 1.47 bits per heavy atom.